The first-order chi connectivity index (χ1) is 6.04. The molecule has 13 heavy (non-hydrogen) atoms. The molecule has 0 aliphatic heterocycles. The largest absolute Gasteiger partial charge is 0.401 e. The van der Waals surface area contributed by atoms with E-state index < -0.39 is 0 Å². The van der Waals surface area contributed by atoms with Gasteiger partial charge < -0.3 is 5.73 Å². The molecule has 2 N–H and O–H groups in total. The Kier molecular flexibility index (Phi) is 5.33. The van der Waals surface area contributed by atoms with E-state index in [1.165, 1.54) is 0 Å². The highest BCUT2D eigenvalue weighted by atomic mass is 32.1. The summed E-state index contributed by atoms with van der Waals surface area (Å²) in [5.41, 5.74) is 7.72. The third kappa shape index (κ3) is 3.56. The van der Waals surface area contributed by atoms with Crippen LogP contribution in [0.2, 0.25) is 0 Å². The van der Waals surface area contributed by atoms with E-state index in [0.29, 0.717) is 11.3 Å². The van der Waals surface area contributed by atoms with Crippen molar-refractivity contribution in [3.05, 3.63) is 21.7 Å². The number of hydrogen-bond acceptors (Lipinski definition) is 3. The van der Waals surface area contributed by atoms with Crippen LogP contribution in [0.1, 0.15) is 33.6 Å². The van der Waals surface area contributed by atoms with Crippen LogP contribution in [0.25, 0.3) is 0 Å². The van der Waals surface area contributed by atoms with Gasteiger partial charge in [0.25, 0.3) is 0 Å². The Labute approximate surface area is 85.5 Å². The van der Waals surface area contributed by atoms with Gasteiger partial charge in [-0.05, 0) is 30.7 Å². The highest BCUT2D eigenvalue weighted by Gasteiger charge is 2.08. The molecule has 0 aliphatic carbocycles. The number of nitrogens with zero attached hydrogens (tertiary/aromatic N) is 1. The molecule has 0 unspecified atom stereocenters. The molecule has 0 spiro atoms. The van der Waals surface area contributed by atoms with Gasteiger partial charge in [0, 0.05) is 5.70 Å². The summed E-state index contributed by atoms with van der Waals surface area (Å²) in [6.07, 6.45) is 1.85. The summed E-state index contributed by atoms with van der Waals surface area (Å²) in [7, 11) is 0. The lowest BCUT2D eigenvalue weighted by Gasteiger charge is -2.07. The maximum absolute atomic E-state index is 8.89. The topological polar surface area (TPSA) is 49.8 Å². The molecule has 0 rings (SSSR count). The zero-order valence-corrected chi connectivity index (χ0v) is 9.28. The Balaban J connectivity index is 5.11. The van der Waals surface area contributed by atoms with Crippen LogP contribution in [0.4, 0.5) is 0 Å². The molecule has 0 atom stereocenters. The first kappa shape index (κ1) is 12.1. The molecule has 72 valence electrons. The minimum Gasteiger partial charge on any atom is -0.401 e. The van der Waals surface area contributed by atoms with E-state index in [4.69, 9.17) is 11.0 Å². The van der Waals surface area contributed by atoms with Crippen LogP contribution in [0.5, 0.6) is 0 Å². The molecule has 0 aromatic carbocycles. The second kappa shape index (κ2) is 5.71. The first-order valence-corrected chi connectivity index (χ1v) is 4.74. The fraction of sp³-hybridized carbons (Fsp3) is 0.500. The lowest BCUT2D eigenvalue weighted by atomic mass is 10.0. The zero-order valence-electron chi connectivity index (χ0n) is 8.39. The van der Waals surface area contributed by atoms with Crippen molar-refractivity contribution in [3.8, 4) is 6.07 Å². The molecular formula is C10H16N2S. The number of nitriles is 1. The SMILES string of the molecule is CCCC(=C(\C)S)/C(C#N)=C(\C)N. The molecule has 0 fully saturated rings. The molecule has 0 aliphatic rings. The summed E-state index contributed by atoms with van der Waals surface area (Å²) in [6, 6.07) is 2.12. The van der Waals surface area contributed by atoms with Gasteiger partial charge in [0.2, 0.25) is 0 Å². The number of hydrogen-bond donors (Lipinski definition) is 2. The van der Waals surface area contributed by atoms with Crippen molar-refractivity contribution in [1.29, 1.82) is 5.26 Å². The molecule has 0 radical (unpaired) electrons. The van der Waals surface area contributed by atoms with Crippen LogP contribution >= 0.6 is 12.6 Å². The monoisotopic (exact) mass is 196 g/mol. The normalized spacial score (nSPS) is 14.4. The third-order valence-corrected chi connectivity index (χ3v) is 2.01. The third-order valence-electron chi connectivity index (χ3n) is 1.74. The van der Waals surface area contributed by atoms with E-state index in [9.17, 15) is 0 Å². The van der Waals surface area contributed by atoms with Crippen molar-refractivity contribution in [2.45, 2.75) is 33.6 Å². The summed E-state index contributed by atoms with van der Waals surface area (Å²) in [5, 5.41) is 8.89. The van der Waals surface area contributed by atoms with Crippen LogP contribution in [0.3, 0.4) is 0 Å². The number of thiol groups is 1. The van der Waals surface area contributed by atoms with E-state index in [0.717, 1.165) is 23.3 Å². The van der Waals surface area contributed by atoms with E-state index in [-0.39, 0.29) is 0 Å². The Hall–Kier alpha value is -0.880. The van der Waals surface area contributed by atoms with Crippen LogP contribution in [-0.2, 0) is 0 Å². The highest BCUT2D eigenvalue weighted by Crippen LogP contribution is 2.23. The lowest BCUT2D eigenvalue weighted by molar-refractivity contribution is 0.909. The summed E-state index contributed by atoms with van der Waals surface area (Å²) in [4.78, 5) is 0.878. The number of rotatable bonds is 3. The van der Waals surface area contributed by atoms with Crippen molar-refractivity contribution in [2.24, 2.45) is 5.73 Å². The number of allylic oxidation sites excluding steroid dienone is 4. The fourth-order valence-electron chi connectivity index (χ4n) is 1.13. The molecule has 0 aromatic rings. The van der Waals surface area contributed by atoms with Gasteiger partial charge >= 0.3 is 0 Å². The molecular weight excluding hydrogens is 180 g/mol. The van der Waals surface area contributed by atoms with Gasteiger partial charge in [-0.3, -0.25) is 0 Å². The van der Waals surface area contributed by atoms with E-state index in [1.54, 1.807) is 6.92 Å². The average Bonchev–Trinajstić information content (AvgIpc) is 2.03. The van der Waals surface area contributed by atoms with Crippen LogP contribution in [0.15, 0.2) is 21.7 Å². The molecule has 0 saturated carbocycles. The molecule has 0 heterocycles. The van der Waals surface area contributed by atoms with Gasteiger partial charge in [0.15, 0.2) is 0 Å². The lowest BCUT2D eigenvalue weighted by Crippen LogP contribution is -2.00. The van der Waals surface area contributed by atoms with Gasteiger partial charge in [-0.2, -0.15) is 5.26 Å². The number of nitrogens with two attached hydrogens (primary N) is 1. The molecule has 0 aromatic heterocycles. The van der Waals surface area contributed by atoms with Crippen molar-refractivity contribution in [3.63, 3.8) is 0 Å². The fourth-order valence-corrected chi connectivity index (χ4v) is 1.35. The van der Waals surface area contributed by atoms with Gasteiger partial charge in [0.05, 0.1) is 5.57 Å². The second-order valence-electron chi connectivity index (χ2n) is 2.98. The van der Waals surface area contributed by atoms with Crippen LogP contribution in [0, 0.1) is 11.3 Å². The Morgan fingerprint density at radius 1 is 1.46 bits per heavy atom. The van der Waals surface area contributed by atoms with Crippen LogP contribution < -0.4 is 5.73 Å². The maximum Gasteiger partial charge on any atom is 0.101 e. The molecule has 2 nitrogen and oxygen atoms in total. The Bertz CT molecular complexity index is 274. The quantitative estimate of drug-likeness (QED) is 0.414. The standard InChI is InChI=1S/C10H16N2S/c1-4-5-9(8(3)13)10(6-11)7(2)12/h13H,4-5,12H2,1-3H3/b9-8-,10-7+. The molecule has 0 saturated heterocycles. The van der Waals surface area contributed by atoms with E-state index >= 15 is 0 Å². The van der Waals surface area contributed by atoms with E-state index in [2.05, 4.69) is 25.6 Å². The zero-order chi connectivity index (χ0) is 10.4. The van der Waals surface area contributed by atoms with Gasteiger partial charge in [0.1, 0.15) is 6.07 Å². The molecule has 3 heteroatoms. The summed E-state index contributed by atoms with van der Waals surface area (Å²) in [6.45, 7) is 5.69. The van der Waals surface area contributed by atoms with Crippen LogP contribution in [-0.4, -0.2) is 0 Å². The summed E-state index contributed by atoms with van der Waals surface area (Å²) < 4.78 is 0. The highest BCUT2D eigenvalue weighted by molar-refractivity contribution is 7.84. The van der Waals surface area contributed by atoms with Crippen molar-refractivity contribution < 1.29 is 0 Å². The van der Waals surface area contributed by atoms with Gasteiger partial charge in [-0.1, -0.05) is 13.3 Å². The van der Waals surface area contributed by atoms with E-state index in [1.807, 2.05) is 6.92 Å². The average molecular weight is 196 g/mol. The Morgan fingerprint density at radius 3 is 2.23 bits per heavy atom. The first-order valence-electron chi connectivity index (χ1n) is 4.30. The van der Waals surface area contributed by atoms with Crippen molar-refractivity contribution in [2.75, 3.05) is 0 Å². The molecule has 0 amide bonds. The smallest absolute Gasteiger partial charge is 0.101 e. The predicted octanol–water partition coefficient (Wildman–Crippen LogP) is 2.75. The van der Waals surface area contributed by atoms with Crippen molar-refractivity contribution in [1.82, 2.24) is 0 Å². The Morgan fingerprint density at radius 2 is 2.00 bits per heavy atom. The van der Waals surface area contributed by atoms with Crippen molar-refractivity contribution >= 4 is 12.6 Å². The van der Waals surface area contributed by atoms with Gasteiger partial charge in [-0.15, -0.1) is 12.6 Å². The minimum absolute atomic E-state index is 0.569. The minimum atomic E-state index is 0.569. The molecule has 0 bridgehead atoms. The maximum atomic E-state index is 8.89. The van der Waals surface area contributed by atoms with Gasteiger partial charge in [-0.25, -0.2) is 0 Å². The predicted molar refractivity (Wildman–Crippen MR) is 59.1 cm³/mol. The summed E-state index contributed by atoms with van der Waals surface area (Å²) >= 11 is 4.25. The second-order valence-corrected chi connectivity index (χ2v) is 3.65. The summed E-state index contributed by atoms with van der Waals surface area (Å²) in [5.74, 6) is 0.